The number of fused-ring (bicyclic) bond motifs is 1. The number of carbonyl (C=O) groups excluding carboxylic acids is 1. The summed E-state index contributed by atoms with van der Waals surface area (Å²) in [5.74, 6) is 0. The molecular weight excluding hydrogens is 456 g/mol. The van der Waals surface area contributed by atoms with Gasteiger partial charge >= 0.3 is 0 Å². The van der Waals surface area contributed by atoms with Gasteiger partial charge in [0, 0.05) is 24.5 Å². The average molecular weight is 467 g/mol. The Morgan fingerprint density at radius 1 is 1.41 bits per heavy atom. The van der Waals surface area contributed by atoms with Crippen molar-refractivity contribution < 1.29 is 4.79 Å². The molecule has 0 atom stereocenters. The van der Waals surface area contributed by atoms with Crippen molar-refractivity contribution in [2.45, 2.75) is 13.8 Å². The number of hydrogen-bond donors (Lipinski definition) is 0. The first-order chi connectivity index (χ1) is 7.54. The predicted octanol–water partition coefficient (Wildman–Crippen LogP) is 1.16. The summed E-state index contributed by atoms with van der Waals surface area (Å²) in [6.07, 6.45) is 2.05. The summed E-state index contributed by atoms with van der Waals surface area (Å²) in [6, 6.07) is 2.99. The number of hydrogen-bond acceptors (Lipinski definition) is 3. The first-order valence-electron chi connectivity index (χ1n) is 4.89. The fourth-order valence-electron chi connectivity index (χ4n) is 1.60. The standard InChI is InChI=1S/C12H11N2O2.Es/c1-7-4-10-11(16)9(6-15)5-14(3)12(10)13-8(7)2;/h5-6H,1-3H3;/q-1;. The molecular formula is C12H11EsN2O2-. The van der Waals surface area contributed by atoms with E-state index < -0.39 is 0 Å². The van der Waals surface area contributed by atoms with Crippen LogP contribution in [0.5, 0.6) is 0 Å². The van der Waals surface area contributed by atoms with E-state index in [2.05, 4.69) is 11.1 Å². The van der Waals surface area contributed by atoms with Gasteiger partial charge in [0.2, 0.25) is 0 Å². The zero-order chi connectivity index (χ0) is 11.9. The van der Waals surface area contributed by atoms with Gasteiger partial charge < -0.3 is 14.3 Å². The summed E-state index contributed by atoms with van der Waals surface area (Å²) >= 11 is 0. The average Bonchev–Trinajstić information content (AvgIpc) is 2.26. The molecule has 0 spiro atoms. The molecule has 0 aliphatic carbocycles. The zero-order valence-electron chi connectivity index (χ0n) is 9.67. The Balaban J connectivity index is 0.00000144. The van der Waals surface area contributed by atoms with Crippen molar-refractivity contribution >= 4 is 17.3 Å². The van der Waals surface area contributed by atoms with Crippen LogP contribution in [0, 0.1) is 19.9 Å². The molecule has 0 bridgehead atoms. The van der Waals surface area contributed by atoms with Crippen molar-refractivity contribution in [3.8, 4) is 0 Å². The third-order valence-corrected chi connectivity index (χ3v) is 2.64. The topological polar surface area (TPSA) is 52.0 Å². The number of aryl methyl sites for hydroxylation is 3. The summed E-state index contributed by atoms with van der Waals surface area (Å²) in [4.78, 5) is 26.9. The number of nitrogens with zero attached hydrogens (tertiary/aromatic N) is 2. The van der Waals surface area contributed by atoms with Gasteiger partial charge in [-0.2, -0.15) is 0 Å². The third-order valence-electron chi connectivity index (χ3n) is 2.64. The molecule has 93 valence electrons. The molecule has 0 amide bonds. The second-order valence-corrected chi connectivity index (χ2v) is 3.79. The smallest absolute Gasteiger partial charge is 0.146 e. The van der Waals surface area contributed by atoms with Gasteiger partial charge in [0.25, 0.3) is 0 Å². The van der Waals surface area contributed by atoms with E-state index in [-0.39, 0.29) is 11.0 Å². The molecule has 1 radical (unpaired) electrons. The molecule has 2 aromatic rings. The first kappa shape index (κ1) is 12.1. The van der Waals surface area contributed by atoms with Gasteiger partial charge in [-0.1, -0.05) is 19.2 Å². The van der Waals surface area contributed by atoms with Crippen LogP contribution in [-0.2, 0) is 7.05 Å². The summed E-state index contributed by atoms with van der Waals surface area (Å²) in [7, 11) is 1.75. The Kier molecular flexibility index (Phi) is 2.77. The van der Waals surface area contributed by atoms with E-state index in [1.54, 1.807) is 11.6 Å². The van der Waals surface area contributed by atoms with Crippen molar-refractivity contribution in [1.29, 1.82) is 0 Å². The van der Waals surface area contributed by atoms with E-state index in [9.17, 15) is 9.59 Å². The maximum Gasteiger partial charge on any atom is 0.146 e. The molecule has 0 aromatic carbocycles. The molecule has 2 rings (SSSR count). The van der Waals surface area contributed by atoms with E-state index >= 15 is 0 Å². The predicted molar refractivity (Wildman–Crippen MR) is 60.7 cm³/mol. The monoisotopic (exact) mass is 467 g/mol. The maximum atomic E-state index is 11.9. The van der Waals surface area contributed by atoms with Crippen LogP contribution in [0.15, 0.2) is 11.0 Å². The molecule has 5 heteroatoms. The normalized spacial score (nSPS) is 10.1. The van der Waals surface area contributed by atoms with Gasteiger partial charge in [-0.05, 0) is 5.69 Å². The van der Waals surface area contributed by atoms with Crippen LogP contribution < -0.4 is 5.43 Å². The summed E-state index contributed by atoms with van der Waals surface area (Å²) in [6.45, 7) is 3.71. The summed E-state index contributed by atoms with van der Waals surface area (Å²) in [5, 5.41) is 0.371. The Morgan fingerprint density at radius 3 is 2.65 bits per heavy atom. The minimum atomic E-state index is -0.307. The molecule has 4 nitrogen and oxygen atoms in total. The Hall–Kier alpha value is -2.97. The second-order valence-electron chi connectivity index (χ2n) is 3.79. The largest absolute Gasteiger partial charge is 0.375 e. The summed E-state index contributed by atoms with van der Waals surface area (Å²) < 4.78 is 1.67. The Labute approximate surface area is 92.5 Å². The first-order valence-corrected chi connectivity index (χ1v) is 4.89. The number of rotatable bonds is 1. The molecule has 0 aliphatic heterocycles. The van der Waals surface area contributed by atoms with E-state index in [1.165, 1.54) is 6.20 Å². The van der Waals surface area contributed by atoms with Gasteiger partial charge in [0.1, 0.15) is 11.7 Å². The van der Waals surface area contributed by atoms with E-state index in [4.69, 9.17) is 0 Å². The SMILES string of the molecule is Cc1[c-]c2c(=O)c(C=O)cn(C)c2nc1C.[Es]. The Bertz CT molecular complexity index is 647. The molecule has 17 heavy (non-hydrogen) atoms. The van der Waals surface area contributed by atoms with E-state index in [1.807, 2.05) is 13.8 Å². The fraction of sp³-hybridized carbons (Fsp3) is 0.250. The van der Waals surface area contributed by atoms with Gasteiger partial charge in [0.05, 0.1) is 0 Å². The van der Waals surface area contributed by atoms with Gasteiger partial charge in [-0.25, -0.2) is 0 Å². The van der Waals surface area contributed by atoms with Crippen LogP contribution in [0.1, 0.15) is 21.6 Å². The fourth-order valence-corrected chi connectivity index (χ4v) is 1.60. The van der Waals surface area contributed by atoms with Crippen LogP contribution in [-0.4, -0.2) is 15.8 Å². The quantitative estimate of drug-likeness (QED) is 0.468. The van der Waals surface area contributed by atoms with Crippen LogP contribution in [0.2, 0.25) is 0 Å². The molecule has 0 unspecified atom stereocenters. The van der Waals surface area contributed by atoms with Crippen LogP contribution in [0.4, 0.5) is 0 Å². The number of pyridine rings is 2. The van der Waals surface area contributed by atoms with Crippen molar-refractivity contribution in [3.05, 3.63) is 39.3 Å². The minimum absolute atomic E-state index is 0. The van der Waals surface area contributed by atoms with Crippen LogP contribution in [0.25, 0.3) is 11.0 Å². The molecule has 2 heterocycles. The molecule has 0 saturated heterocycles. The van der Waals surface area contributed by atoms with E-state index in [0.717, 1.165) is 11.3 Å². The molecule has 2 aromatic heterocycles. The molecule has 0 fully saturated rings. The van der Waals surface area contributed by atoms with Gasteiger partial charge in [0.15, 0.2) is 0 Å². The second kappa shape index (κ2) is 3.89. The molecule has 0 aliphatic rings. The molecule has 0 saturated carbocycles. The van der Waals surface area contributed by atoms with Crippen LogP contribution in [0.3, 0.4) is 0 Å². The number of aldehydes is 1. The maximum absolute atomic E-state index is 11.9. The van der Waals surface area contributed by atoms with Crippen LogP contribution >= 0.6 is 0 Å². The van der Waals surface area contributed by atoms with E-state index in [0.29, 0.717) is 17.3 Å². The van der Waals surface area contributed by atoms with Crippen molar-refractivity contribution in [2.24, 2.45) is 7.05 Å². The number of carbonyl (C=O) groups is 1. The third kappa shape index (κ3) is 1.65. The van der Waals surface area contributed by atoms with Crippen molar-refractivity contribution in [3.63, 3.8) is 0 Å². The molecule has 0 N–H and O–H groups in total. The zero-order valence-corrected chi connectivity index (χ0v) is 12.2. The summed E-state index contributed by atoms with van der Waals surface area (Å²) in [5.41, 5.74) is 2.04. The minimum Gasteiger partial charge on any atom is -0.375 e. The van der Waals surface area contributed by atoms with Gasteiger partial charge in [-0.3, -0.25) is 4.79 Å². The van der Waals surface area contributed by atoms with Gasteiger partial charge in [-0.15, -0.1) is 11.6 Å². The van der Waals surface area contributed by atoms with Crippen molar-refractivity contribution in [2.75, 3.05) is 0 Å². The van der Waals surface area contributed by atoms with Crippen molar-refractivity contribution in [1.82, 2.24) is 9.55 Å². The number of aromatic nitrogens is 2. The Morgan fingerprint density at radius 2 is 2.06 bits per heavy atom.